The number of aromatic nitrogens is 3. The predicted molar refractivity (Wildman–Crippen MR) is 177 cm³/mol. The molecule has 2 aromatic heterocycles. The van der Waals surface area contributed by atoms with Crippen molar-refractivity contribution in [2.24, 2.45) is 0 Å². The molecule has 1 spiro atoms. The van der Waals surface area contributed by atoms with Crippen molar-refractivity contribution >= 4 is 0 Å². The average molecular weight is 592 g/mol. The topological polar surface area (TPSA) is 57.1 Å². The lowest BCUT2D eigenvalue weighted by molar-refractivity contribution is 0.399. The Balaban J connectivity index is 1.24. The summed E-state index contributed by atoms with van der Waals surface area (Å²) in [4.78, 5) is 13.5. The molecular weight excluding hydrogens is 566 g/mol. The normalized spacial score (nSPS) is 17.8. The minimum absolute atomic E-state index is 0.0823. The molecule has 10 rings (SSSR count). The highest BCUT2D eigenvalue weighted by Gasteiger charge is 2.50. The summed E-state index contributed by atoms with van der Waals surface area (Å²) in [6.07, 6.45) is 7.40. The first kappa shape index (κ1) is 25.3. The fourth-order valence-electron chi connectivity index (χ4n) is 7.86. The van der Waals surface area contributed by atoms with Crippen LogP contribution in [0.5, 0.6) is 23.0 Å². The van der Waals surface area contributed by atoms with Gasteiger partial charge in [0.05, 0.1) is 5.41 Å². The fraction of sp³-hybridized carbons (Fsp3) is 0.0488. The molecule has 0 amide bonds. The van der Waals surface area contributed by atoms with E-state index in [1.807, 2.05) is 30.6 Å². The second-order valence-electron chi connectivity index (χ2n) is 12.0. The summed E-state index contributed by atoms with van der Waals surface area (Å²) in [5.41, 5.74) is 10.7. The summed E-state index contributed by atoms with van der Waals surface area (Å²) < 4.78 is 13.5. The van der Waals surface area contributed by atoms with Crippen LogP contribution in [-0.2, 0) is 5.41 Å². The predicted octanol–water partition coefficient (Wildman–Crippen LogP) is 9.29. The number of ether oxygens (including phenoxy) is 2. The molecule has 2 atom stereocenters. The van der Waals surface area contributed by atoms with Crippen LogP contribution in [0.3, 0.4) is 0 Å². The molecule has 216 valence electrons. The number of hydrogen-bond acceptors (Lipinski definition) is 5. The Morgan fingerprint density at radius 1 is 0.500 bits per heavy atom. The number of benzene rings is 5. The Labute approximate surface area is 265 Å². The van der Waals surface area contributed by atoms with E-state index in [1.165, 1.54) is 27.8 Å². The first-order valence-electron chi connectivity index (χ1n) is 15.4. The van der Waals surface area contributed by atoms with Gasteiger partial charge in [-0.1, -0.05) is 84.9 Å². The van der Waals surface area contributed by atoms with Crippen molar-refractivity contribution in [3.8, 4) is 45.5 Å². The van der Waals surface area contributed by atoms with Crippen LogP contribution in [-0.4, -0.2) is 15.0 Å². The summed E-state index contributed by atoms with van der Waals surface area (Å²) >= 11 is 0. The minimum Gasteiger partial charge on any atom is -0.457 e. The quantitative estimate of drug-likeness (QED) is 0.201. The SMILES string of the molecule is c1cnc(-c2ccc3c(c2)Oc2ccccc2C32c3ccccc3Oc3cc(C4c5ccccc5-c5cnccc54)ccc32)nc1. The van der Waals surface area contributed by atoms with Gasteiger partial charge >= 0.3 is 0 Å². The lowest BCUT2D eigenvalue weighted by atomic mass is 9.62. The molecule has 5 nitrogen and oxygen atoms in total. The van der Waals surface area contributed by atoms with E-state index in [0.717, 1.165) is 50.8 Å². The van der Waals surface area contributed by atoms with Gasteiger partial charge in [-0.3, -0.25) is 4.98 Å². The maximum absolute atomic E-state index is 6.83. The standard InChI is InChI=1S/C41H25N3O2/c1-2-9-28-27(8-1)30-24-42-21-18-29(30)39(28)25-14-16-33-37(22-25)45-35-12-5-3-10-31(35)41(33)32-11-4-6-13-36(32)46-38-23-26(15-17-34(38)41)40-43-19-7-20-44-40/h1-24,39H. The number of fused-ring (bicyclic) bond motifs is 11. The van der Waals surface area contributed by atoms with E-state index < -0.39 is 5.41 Å². The third-order valence-corrected chi connectivity index (χ3v) is 9.70. The van der Waals surface area contributed by atoms with Crippen molar-refractivity contribution in [1.29, 1.82) is 0 Å². The number of nitrogens with zero attached hydrogens (tertiary/aromatic N) is 3. The number of rotatable bonds is 2. The van der Waals surface area contributed by atoms with Gasteiger partial charge in [0.15, 0.2) is 5.82 Å². The van der Waals surface area contributed by atoms with Crippen LogP contribution >= 0.6 is 0 Å². The van der Waals surface area contributed by atoms with Crippen LogP contribution in [0.2, 0.25) is 0 Å². The second-order valence-corrected chi connectivity index (χ2v) is 12.0. The third-order valence-electron chi connectivity index (χ3n) is 9.70. The monoisotopic (exact) mass is 591 g/mol. The molecule has 0 N–H and O–H groups in total. The van der Waals surface area contributed by atoms with Crippen LogP contribution in [0.1, 0.15) is 44.9 Å². The molecule has 4 heterocycles. The van der Waals surface area contributed by atoms with E-state index in [4.69, 9.17) is 9.47 Å². The maximum Gasteiger partial charge on any atom is 0.159 e. The molecule has 0 saturated carbocycles. The fourth-order valence-corrected chi connectivity index (χ4v) is 7.86. The lowest BCUT2D eigenvalue weighted by Crippen LogP contribution is -2.36. The number of pyridine rings is 1. The van der Waals surface area contributed by atoms with Gasteiger partial charge in [-0.25, -0.2) is 9.97 Å². The molecule has 2 unspecified atom stereocenters. The molecular formula is C41H25N3O2. The summed E-state index contributed by atoms with van der Waals surface area (Å²) in [6.45, 7) is 0. The van der Waals surface area contributed by atoms with Crippen LogP contribution in [0.15, 0.2) is 146 Å². The van der Waals surface area contributed by atoms with Gasteiger partial charge in [0, 0.05) is 64.1 Å². The highest BCUT2D eigenvalue weighted by molar-refractivity contribution is 5.81. The largest absolute Gasteiger partial charge is 0.457 e. The van der Waals surface area contributed by atoms with Gasteiger partial charge in [-0.15, -0.1) is 0 Å². The zero-order valence-corrected chi connectivity index (χ0v) is 24.6. The lowest BCUT2D eigenvalue weighted by Gasteiger charge is -2.45. The Morgan fingerprint density at radius 3 is 1.91 bits per heavy atom. The van der Waals surface area contributed by atoms with Crippen molar-refractivity contribution < 1.29 is 9.47 Å². The maximum atomic E-state index is 6.83. The number of para-hydroxylation sites is 2. The Morgan fingerprint density at radius 2 is 1.13 bits per heavy atom. The molecule has 2 aliphatic heterocycles. The van der Waals surface area contributed by atoms with Crippen LogP contribution in [0.25, 0.3) is 22.5 Å². The average Bonchev–Trinajstić information content (AvgIpc) is 3.46. The summed E-state index contributed by atoms with van der Waals surface area (Å²) in [7, 11) is 0. The van der Waals surface area contributed by atoms with Crippen molar-refractivity contribution in [2.45, 2.75) is 11.3 Å². The highest BCUT2D eigenvalue weighted by atomic mass is 16.5. The zero-order chi connectivity index (χ0) is 30.2. The van der Waals surface area contributed by atoms with Gasteiger partial charge in [-0.05, 0) is 58.7 Å². The van der Waals surface area contributed by atoms with Gasteiger partial charge in [0.1, 0.15) is 23.0 Å². The van der Waals surface area contributed by atoms with Crippen LogP contribution in [0, 0.1) is 0 Å². The first-order valence-corrected chi connectivity index (χ1v) is 15.4. The Bertz CT molecular complexity index is 2290. The van der Waals surface area contributed by atoms with Crippen molar-refractivity contribution in [3.05, 3.63) is 185 Å². The molecule has 1 aliphatic carbocycles. The molecule has 0 radical (unpaired) electrons. The van der Waals surface area contributed by atoms with E-state index in [-0.39, 0.29) is 5.92 Å². The molecule has 0 saturated heterocycles. The third kappa shape index (κ3) is 3.37. The highest BCUT2D eigenvalue weighted by Crippen LogP contribution is 2.62. The van der Waals surface area contributed by atoms with Crippen molar-refractivity contribution in [1.82, 2.24) is 15.0 Å². The van der Waals surface area contributed by atoms with Crippen molar-refractivity contribution in [2.75, 3.05) is 0 Å². The zero-order valence-electron chi connectivity index (χ0n) is 24.6. The van der Waals surface area contributed by atoms with E-state index in [9.17, 15) is 0 Å². The minimum atomic E-state index is -0.668. The van der Waals surface area contributed by atoms with E-state index in [2.05, 4.69) is 118 Å². The molecule has 0 fully saturated rings. The summed E-state index contributed by atoms with van der Waals surface area (Å²) in [6, 6.07) is 42.5. The summed E-state index contributed by atoms with van der Waals surface area (Å²) in [5.74, 6) is 4.02. The van der Waals surface area contributed by atoms with Crippen LogP contribution < -0.4 is 9.47 Å². The molecule has 5 heteroatoms. The Hall–Kier alpha value is -6.07. The van der Waals surface area contributed by atoms with E-state index in [0.29, 0.717) is 5.82 Å². The van der Waals surface area contributed by atoms with E-state index >= 15 is 0 Å². The van der Waals surface area contributed by atoms with Gasteiger partial charge < -0.3 is 9.47 Å². The molecule has 3 aliphatic rings. The molecule has 7 aromatic rings. The molecule has 5 aromatic carbocycles. The molecule has 46 heavy (non-hydrogen) atoms. The van der Waals surface area contributed by atoms with Crippen LogP contribution in [0.4, 0.5) is 0 Å². The number of hydrogen-bond donors (Lipinski definition) is 0. The van der Waals surface area contributed by atoms with Crippen molar-refractivity contribution in [3.63, 3.8) is 0 Å². The molecule has 0 bridgehead atoms. The smallest absolute Gasteiger partial charge is 0.159 e. The first-order chi connectivity index (χ1) is 22.8. The van der Waals surface area contributed by atoms with Gasteiger partial charge in [-0.2, -0.15) is 0 Å². The Kier molecular flexibility index (Phi) is 5.20. The van der Waals surface area contributed by atoms with E-state index in [1.54, 1.807) is 12.4 Å². The second kappa shape index (κ2) is 9.46. The van der Waals surface area contributed by atoms with Gasteiger partial charge in [0.2, 0.25) is 0 Å². The van der Waals surface area contributed by atoms with Gasteiger partial charge in [0.25, 0.3) is 0 Å². The summed E-state index contributed by atoms with van der Waals surface area (Å²) in [5, 5.41) is 0.